The third kappa shape index (κ3) is 2.79. The van der Waals surface area contributed by atoms with Gasteiger partial charge in [0.15, 0.2) is 5.82 Å². The second-order valence-electron chi connectivity index (χ2n) is 4.30. The zero-order valence-electron chi connectivity index (χ0n) is 10.9. The van der Waals surface area contributed by atoms with Gasteiger partial charge in [-0.25, -0.2) is 9.67 Å². The van der Waals surface area contributed by atoms with Gasteiger partial charge < -0.3 is 10.4 Å². The lowest BCUT2D eigenvalue weighted by molar-refractivity contribution is 0.0921. The van der Waals surface area contributed by atoms with E-state index in [9.17, 15) is 4.79 Å². The van der Waals surface area contributed by atoms with Crippen LogP contribution in [-0.2, 0) is 0 Å². The first kappa shape index (κ1) is 13.2. The Bertz CT molecular complexity index is 565. The minimum atomic E-state index is -0.287. The SMILES string of the molecule is Cc1c(C(=O)NC(C)CO)cnn1-c1ccccn1. The summed E-state index contributed by atoms with van der Waals surface area (Å²) in [5, 5.41) is 15.8. The summed E-state index contributed by atoms with van der Waals surface area (Å²) in [5.74, 6) is 0.412. The van der Waals surface area contributed by atoms with E-state index in [0.717, 1.165) is 0 Å². The van der Waals surface area contributed by atoms with Gasteiger partial charge in [-0.1, -0.05) is 6.07 Å². The third-order valence-electron chi connectivity index (χ3n) is 2.77. The molecule has 1 atom stereocenters. The number of amides is 1. The Morgan fingerprint density at radius 2 is 2.32 bits per heavy atom. The van der Waals surface area contributed by atoms with Crippen LogP contribution in [-0.4, -0.2) is 38.4 Å². The van der Waals surface area contributed by atoms with E-state index in [2.05, 4.69) is 15.4 Å². The molecule has 100 valence electrons. The topological polar surface area (TPSA) is 80.0 Å². The molecule has 19 heavy (non-hydrogen) atoms. The Labute approximate surface area is 111 Å². The van der Waals surface area contributed by atoms with Gasteiger partial charge in [-0.2, -0.15) is 5.10 Å². The molecule has 0 aromatic carbocycles. The van der Waals surface area contributed by atoms with Crippen molar-refractivity contribution in [2.45, 2.75) is 19.9 Å². The summed E-state index contributed by atoms with van der Waals surface area (Å²) in [5.41, 5.74) is 1.19. The molecule has 2 rings (SSSR count). The predicted molar refractivity (Wildman–Crippen MR) is 70.1 cm³/mol. The number of aliphatic hydroxyl groups is 1. The van der Waals surface area contributed by atoms with E-state index < -0.39 is 0 Å². The number of carbonyl (C=O) groups is 1. The molecule has 6 nitrogen and oxygen atoms in total. The molecule has 2 heterocycles. The highest BCUT2D eigenvalue weighted by Gasteiger charge is 2.16. The number of nitrogens with zero attached hydrogens (tertiary/aromatic N) is 3. The van der Waals surface area contributed by atoms with Crippen LogP contribution in [0.4, 0.5) is 0 Å². The van der Waals surface area contributed by atoms with Crippen LogP contribution in [0.25, 0.3) is 5.82 Å². The number of pyridine rings is 1. The quantitative estimate of drug-likeness (QED) is 0.847. The zero-order chi connectivity index (χ0) is 13.8. The van der Waals surface area contributed by atoms with Crippen LogP contribution >= 0.6 is 0 Å². The van der Waals surface area contributed by atoms with Gasteiger partial charge >= 0.3 is 0 Å². The number of hydrogen-bond acceptors (Lipinski definition) is 4. The average molecular weight is 260 g/mol. The highest BCUT2D eigenvalue weighted by molar-refractivity contribution is 5.95. The van der Waals surface area contributed by atoms with Gasteiger partial charge in [0.1, 0.15) is 0 Å². The van der Waals surface area contributed by atoms with E-state index in [1.807, 2.05) is 18.2 Å². The predicted octanol–water partition coefficient (Wildman–Crippen LogP) is 0.686. The molecule has 2 N–H and O–H groups in total. The number of aromatic nitrogens is 3. The fourth-order valence-corrected chi connectivity index (χ4v) is 1.69. The van der Waals surface area contributed by atoms with Crippen molar-refractivity contribution in [3.63, 3.8) is 0 Å². The monoisotopic (exact) mass is 260 g/mol. The van der Waals surface area contributed by atoms with Crippen molar-refractivity contribution in [1.82, 2.24) is 20.1 Å². The first-order chi connectivity index (χ1) is 9.13. The molecule has 1 amide bonds. The van der Waals surface area contributed by atoms with E-state index in [-0.39, 0.29) is 18.6 Å². The second kappa shape index (κ2) is 5.62. The van der Waals surface area contributed by atoms with E-state index in [1.54, 1.807) is 24.7 Å². The number of carbonyl (C=O) groups excluding carboxylic acids is 1. The average Bonchev–Trinajstić information content (AvgIpc) is 2.81. The van der Waals surface area contributed by atoms with Crippen LogP contribution in [0.2, 0.25) is 0 Å². The maximum atomic E-state index is 12.0. The molecule has 0 spiro atoms. The molecular weight excluding hydrogens is 244 g/mol. The van der Waals surface area contributed by atoms with Crippen LogP contribution in [0.5, 0.6) is 0 Å². The Hall–Kier alpha value is -2.21. The van der Waals surface area contributed by atoms with E-state index >= 15 is 0 Å². The molecular formula is C13H16N4O2. The van der Waals surface area contributed by atoms with Gasteiger partial charge in [-0.15, -0.1) is 0 Å². The summed E-state index contributed by atoms with van der Waals surface area (Å²) >= 11 is 0. The van der Waals surface area contributed by atoms with Crippen molar-refractivity contribution in [2.75, 3.05) is 6.61 Å². The summed E-state index contributed by atoms with van der Waals surface area (Å²) in [6, 6.07) is 5.21. The maximum Gasteiger partial charge on any atom is 0.255 e. The molecule has 1 unspecified atom stereocenters. The first-order valence-corrected chi connectivity index (χ1v) is 6.01. The molecule has 0 aliphatic heterocycles. The Kier molecular flexibility index (Phi) is 3.91. The summed E-state index contributed by atoms with van der Waals surface area (Å²) in [6.45, 7) is 3.44. The van der Waals surface area contributed by atoms with Gasteiger partial charge in [0.2, 0.25) is 0 Å². The second-order valence-corrected chi connectivity index (χ2v) is 4.30. The van der Waals surface area contributed by atoms with E-state index in [0.29, 0.717) is 17.1 Å². The van der Waals surface area contributed by atoms with Crippen molar-refractivity contribution in [2.24, 2.45) is 0 Å². The molecule has 0 radical (unpaired) electrons. The smallest absolute Gasteiger partial charge is 0.255 e. The lowest BCUT2D eigenvalue weighted by atomic mass is 10.2. The Morgan fingerprint density at radius 3 is 2.95 bits per heavy atom. The van der Waals surface area contributed by atoms with Gasteiger partial charge in [0, 0.05) is 12.2 Å². The van der Waals surface area contributed by atoms with E-state index in [1.165, 1.54) is 6.20 Å². The van der Waals surface area contributed by atoms with Crippen molar-refractivity contribution in [3.8, 4) is 5.82 Å². The highest BCUT2D eigenvalue weighted by Crippen LogP contribution is 2.12. The summed E-state index contributed by atoms with van der Waals surface area (Å²) in [6.07, 6.45) is 3.17. The maximum absolute atomic E-state index is 12.0. The summed E-state index contributed by atoms with van der Waals surface area (Å²) < 4.78 is 1.61. The van der Waals surface area contributed by atoms with Crippen molar-refractivity contribution >= 4 is 5.91 Å². The Balaban J connectivity index is 2.26. The summed E-state index contributed by atoms with van der Waals surface area (Å²) in [7, 11) is 0. The lowest BCUT2D eigenvalue weighted by Gasteiger charge is -2.10. The number of rotatable bonds is 4. The highest BCUT2D eigenvalue weighted by atomic mass is 16.3. The fourth-order valence-electron chi connectivity index (χ4n) is 1.69. The van der Waals surface area contributed by atoms with Crippen molar-refractivity contribution in [3.05, 3.63) is 41.9 Å². The molecule has 6 heteroatoms. The minimum absolute atomic E-state index is 0.0981. The molecule has 0 saturated heterocycles. The van der Waals surface area contributed by atoms with Gasteiger partial charge in [0.05, 0.1) is 24.1 Å². The fraction of sp³-hybridized carbons (Fsp3) is 0.308. The first-order valence-electron chi connectivity index (χ1n) is 6.01. The van der Waals surface area contributed by atoms with Crippen LogP contribution in [0.15, 0.2) is 30.6 Å². The van der Waals surface area contributed by atoms with Gasteiger partial charge in [0.25, 0.3) is 5.91 Å². The largest absolute Gasteiger partial charge is 0.394 e. The van der Waals surface area contributed by atoms with E-state index in [4.69, 9.17) is 5.11 Å². The molecule has 0 aliphatic carbocycles. The molecule has 0 bridgehead atoms. The Morgan fingerprint density at radius 1 is 1.53 bits per heavy atom. The lowest BCUT2D eigenvalue weighted by Crippen LogP contribution is -2.35. The minimum Gasteiger partial charge on any atom is -0.394 e. The van der Waals surface area contributed by atoms with Crippen LogP contribution in [0.1, 0.15) is 23.0 Å². The van der Waals surface area contributed by atoms with Crippen LogP contribution < -0.4 is 5.32 Å². The molecule has 0 fully saturated rings. The van der Waals surface area contributed by atoms with Crippen molar-refractivity contribution in [1.29, 1.82) is 0 Å². The molecule has 0 aliphatic rings. The standard InChI is InChI=1S/C13H16N4O2/c1-9(8-18)16-13(19)11-7-15-17(10(11)2)12-5-3-4-6-14-12/h3-7,9,18H,8H2,1-2H3,(H,16,19). The van der Waals surface area contributed by atoms with Gasteiger partial charge in [-0.05, 0) is 26.0 Å². The van der Waals surface area contributed by atoms with Crippen LogP contribution in [0.3, 0.4) is 0 Å². The number of aliphatic hydroxyl groups excluding tert-OH is 1. The van der Waals surface area contributed by atoms with Gasteiger partial charge in [-0.3, -0.25) is 4.79 Å². The van der Waals surface area contributed by atoms with Crippen LogP contribution in [0, 0.1) is 6.92 Å². The normalized spacial score (nSPS) is 12.2. The molecule has 2 aromatic heterocycles. The molecule has 2 aromatic rings. The number of nitrogens with one attached hydrogen (secondary N) is 1. The summed E-state index contributed by atoms with van der Waals surface area (Å²) in [4.78, 5) is 16.2. The number of hydrogen-bond donors (Lipinski definition) is 2. The third-order valence-corrected chi connectivity index (χ3v) is 2.77. The zero-order valence-corrected chi connectivity index (χ0v) is 10.9. The van der Waals surface area contributed by atoms with Crippen molar-refractivity contribution < 1.29 is 9.90 Å². The molecule has 0 saturated carbocycles.